The van der Waals surface area contributed by atoms with E-state index in [2.05, 4.69) is 45.8 Å². The third-order valence-corrected chi connectivity index (χ3v) is 5.22. The normalized spacial score (nSPS) is 11.6. The molecule has 0 atom stereocenters. The van der Waals surface area contributed by atoms with E-state index in [-0.39, 0.29) is 5.91 Å². The van der Waals surface area contributed by atoms with Gasteiger partial charge in [-0.3, -0.25) is 9.52 Å². The molecule has 0 bridgehead atoms. The van der Waals surface area contributed by atoms with Gasteiger partial charge in [0.05, 0.1) is 11.9 Å². The zero-order valence-electron chi connectivity index (χ0n) is 17.4. The van der Waals surface area contributed by atoms with Crippen LogP contribution >= 0.6 is 0 Å². The fourth-order valence-electron chi connectivity index (χ4n) is 3.27. The number of nitrogens with one attached hydrogen (secondary N) is 2. The van der Waals surface area contributed by atoms with E-state index in [0.29, 0.717) is 11.4 Å². The van der Waals surface area contributed by atoms with Crippen molar-refractivity contribution in [2.24, 2.45) is 0 Å². The molecule has 0 fully saturated rings. The van der Waals surface area contributed by atoms with Crippen LogP contribution in [0.1, 0.15) is 22.5 Å². The first-order valence-corrected chi connectivity index (χ1v) is 11.3. The zero-order chi connectivity index (χ0) is 21.9. The first-order valence-electron chi connectivity index (χ1n) is 9.45. The van der Waals surface area contributed by atoms with Gasteiger partial charge in [0, 0.05) is 28.8 Å². The maximum absolute atomic E-state index is 12.3. The number of carbonyl (C=O) groups excluding carboxylic acids is 1. The van der Waals surface area contributed by atoms with Crippen molar-refractivity contribution in [1.29, 1.82) is 0 Å². The van der Waals surface area contributed by atoms with Gasteiger partial charge in [0.15, 0.2) is 0 Å². The monoisotopic (exact) mass is 423 g/mol. The number of aromatic nitrogens is 1. The van der Waals surface area contributed by atoms with Crippen LogP contribution in [0, 0.1) is 20.8 Å². The van der Waals surface area contributed by atoms with E-state index in [1.54, 1.807) is 30.3 Å². The smallest absolute Gasteiger partial charge is 0.248 e. The largest absolute Gasteiger partial charge is 0.322 e. The molecular formula is C23H25N3O3S. The summed E-state index contributed by atoms with van der Waals surface area (Å²) in [6.07, 6.45) is 4.33. The lowest BCUT2D eigenvalue weighted by Gasteiger charge is -2.10. The van der Waals surface area contributed by atoms with Crippen molar-refractivity contribution in [1.82, 2.24) is 4.57 Å². The number of sulfonamides is 1. The standard InChI is InChI=1S/C23H25N3O3S/c1-16-8-11-22(12-9-16)26-17(2)14-19(18(26)3)10-13-23(27)24-20-6-5-7-21(15-20)25-30(4,28)29/h5-15,25H,1-4H3,(H,24,27)/b13-10+. The van der Waals surface area contributed by atoms with Crippen LogP contribution in [0.15, 0.2) is 60.7 Å². The van der Waals surface area contributed by atoms with Crippen LogP contribution in [0.5, 0.6) is 0 Å². The predicted molar refractivity (Wildman–Crippen MR) is 123 cm³/mol. The van der Waals surface area contributed by atoms with Gasteiger partial charge in [0.1, 0.15) is 0 Å². The Balaban J connectivity index is 1.75. The number of nitrogens with zero attached hydrogens (tertiary/aromatic N) is 1. The molecule has 2 N–H and O–H groups in total. The summed E-state index contributed by atoms with van der Waals surface area (Å²) in [4.78, 5) is 12.3. The van der Waals surface area contributed by atoms with E-state index >= 15 is 0 Å². The molecular weight excluding hydrogens is 398 g/mol. The Labute approximate surface area is 177 Å². The average Bonchev–Trinajstić information content (AvgIpc) is 2.93. The molecule has 0 spiro atoms. The molecule has 0 radical (unpaired) electrons. The number of amides is 1. The van der Waals surface area contributed by atoms with Crippen molar-refractivity contribution in [3.05, 3.63) is 83.2 Å². The Bertz CT molecular complexity index is 1210. The predicted octanol–water partition coefficient (Wildman–Crippen LogP) is 4.43. The molecule has 3 rings (SSSR count). The van der Waals surface area contributed by atoms with Crippen LogP contribution in [0.2, 0.25) is 0 Å². The van der Waals surface area contributed by atoms with Crippen LogP contribution < -0.4 is 10.0 Å². The molecule has 0 unspecified atom stereocenters. The number of anilines is 2. The summed E-state index contributed by atoms with van der Waals surface area (Å²) in [7, 11) is -3.38. The molecule has 2 aromatic carbocycles. The molecule has 1 amide bonds. The summed E-state index contributed by atoms with van der Waals surface area (Å²) in [5, 5.41) is 2.75. The minimum Gasteiger partial charge on any atom is -0.322 e. The van der Waals surface area contributed by atoms with Gasteiger partial charge in [0.2, 0.25) is 15.9 Å². The lowest BCUT2D eigenvalue weighted by Crippen LogP contribution is -2.11. The topological polar surface area (TPSA) is 80.2 Å². The maximum atomic E-state index is 12.3. The van der Waals surface area contributed by atoms with Crippen LogP contribution in [-0.2, 0) is 14.8 Å². The van der Waals surface area contributed by atoms with E-state index in [1.807, 2.05) is 19.9 Å². The summed E-state index contributed by atoms with van der Waals surface area (Å²) >= 11 is 0. The molecule has 0 saturated carbocycles. The van der Waals surface area contributed by atoms with Crippen LogP contribution in [0.25, 0.3) is 11.8 Å². The second kappa shape index (κ2) is 8.59. The number of hydrogen-bond acceptors (Lipinski definition) is 3. The zero-order valence-corrected chi connectivity index (χ0v) is 18.2. The SMILES string of the molecule is Cc1ccc(-n2c(C)cc(/C=C/C(=O)Nc3cccc(NS(C)(=O)=O)c3)c2C)cc1. The second-order valence-electron chi connectivity index (χ2n) is 7.28. The number of hydrogen-bond donors (Lipinski definition) is 2. The minimum atomic E-state index is -3.38. The highest BCUT2D eigenvalue weighted by Crippen LogP contribution is 2.22. The van der Waals surface area contributed by atoms with Gasteiger partial charge in [-0.15, -0.1) is 0 Å². The number of aryl methyl sites for hydroxylation is 2. The third kappa shape index (κ3) is 5.39. The fraction of sp³-hybridized carbons (Fsp3) is 0.174. The Morgan fingerprint density at radius 1 is 0.967 bits per heavy atom. The molecule has 6 nitrogen and oxygen atoms in total. The summed E-state index contributed by atoms with van der Waals surface area (Å²) in [5.41, 5.74) is 6.25. The van der Waals surface area contributed by atoms with Crippen LogP contribution in [-0.4, -0.2) is 25.1 Å². The highest BCUT2D eigenvalue weighted by Gasteiger charge is 2.09. The molecule has 0 aliphatic rings. The van der Waals surface area contributed by atoms with E-state index in [9.17, 15) is 13.2 Å². The molecule has 0 saturated heterocycles. The highest BCUT2D eigenvalue weighted by molar-refractivity contribution is 7.92. The van der Waals surface area contributed by atoms with E-state index in [4.69, 9.17) is 0 Å². The molecule has 7 heteroatoms. The van der Waals surface area contributed by atoms with Gasteiger partial charge in [-0.2, -0.15) is 0 Å². The molecule has 30 heavy (non-hydrogen) atoms. The summed E-state index contributed by atoms with van der Waals surface area (Å²) < 4.78 is 27.3. The quantitative estimate of drug-likeness (QED) is 0.576. The summed E-state index contributed by atoms with van der Waals surface area (Å²) in [6, 6.07) is 16.9. The Hall–Kier alpha value is -3.32. The second-order valence-corrected chi connectivity index (χ2v) is 9.02. The van der Waals surface area contributed by atoms with Gasteiger partial charge >= 0.3 is 0 Å². The molecule has 3 aromatic rings. The minimum absolute atomic E-state index is 0.299. The molecule has 1 aromatic heterocycles. The fourth-order valence-corrected chi connectivity index (χ4v) is 3.83. The van der Waals surface area contributed by atoms with Crippen molar-refractivity contribution in [2.45, 2.75) is 20.8 Å². The van der Waals surface area contributed by atoms with Crippen molar-refractivity contribution < 1.29 is 13.2 Å². The first kappa shape index (κ1) is 21.4. The van der Waals surface area contributed by atoms with Crippen molar-refractivity contribution >= 4 is 33.4 Å². The molecule has 1 heterocycles. The molecule has 0 aliphatic carbocycles. The van der Waals surface area contributed by atoms with Crippen molar-refractivity contribution in [3.8, 4) is 5.69 Å². The summed E-state index contributed by atoms with van der Waals surface area (Å²) in [6.45, 7) is 6.11. The molecule has 0 aliphatic heterocycles. The van der Waals surface area contributed by atoms with E-state index in [1.165, 1.54) is 11.6 Å². The summed E-state index contributed by atoms with van der Waals surface area (Å²) in [5.74, 6) is -0.299. The van der Waals surface area contributed by atoms with Gasteiger partial charge < -0.3 is 9.88 Å². The van der Waals surface area contributed by atoms with Crippen LogP contribution in [0.3, 0.4) is 0 Å². The number of carbonyl (C=O) groups is 1. The lowest BCUT2D eigenvalue weighted by atomic mass is 10.2. The third-order valence-electron chi connectivity index (χ3n) is 4.61. The van der Waals surface area contributed by atoms with Crippen molar-refractivity contribution in [2.75, 3.05) is 16.3 Å². The molecule has 156 valence electrons. The van der Waals surface area contributed by atoms with Gasteiger partial charge in [0.25, 0.3) is 0 Å². The Kier molecular flexibility index (Phi) is 6.12. The van der Waals surface area contributed by atoms with E-state index < -0.39 is 10.0 Å². The highest BCUT2D eigenvalue weighted by atomic mass is 32.2. The van der Waals surface area contributed by atoms with Gasteiger partial charge in [-0.25, -0.2) is 8.42 Å². The average molecular weight is 424 g/mol. The Morgan fingerprint density at radius 3 is 2.30 bits per heavy atom. The van der Waals surface area contributed by atoms with Crippen LogP contribution in [0.4, 0.5) is 11.4 Å². The lowest BCUT2D eigenvalue weighted by molar-refractivity contribution is -0.111. The van der Waals surface area contributed by atoms with E-state index in [0.717, 1.165) is 28.9 Å². The van der Waals surface area contributed by atoms with Gasteiger partial charge in [-0.05, 0) is 68.8 Å². The number of rotatable bonds is 6. The first-order chi connectivity index (χ1) is 14.1. The van der Waals surface area contributed by atoms with Gasteiger partial charge in [-0.1, -0.05) is 23.8 Å². The Morgan fingerprint density at radius 2 is 1.63 bits per heavy atom. The number of benzene rings is 2. The van der Waals surface area contributed by atoms with Crippen molar-refractivity contribution in [3.63, 3.8) is 0 Å². The maximum Gasteiger partial charge on any atom is 0.248 e.